The van der Waals surface area contributed by atoms with Gasteiger partial charge >= 0.3 is 13.8 Å². The summed E-state index contributed by atoms with van der Waals surface area (Å²) in [7, 11) is -4.03. The predicted molar refractivity (Wildman–Crippen MR) is 50.5 cm³/mol. The first-order valence-corrected chi connectivity index (χ1v) is 6.34. The maximum Gasteiger partial charge on any atom is 0.507 e. The van der Waals surface area contributed by atoms with Crippen molar-refractivity contribution >= 4 is 13.8 Å². The van der Waals surface area contributed by atoms with E-state index in [4.69, 9.17) is 14.9 Å². The Morgan fingerprint density at radius 3 is 2.73 bits per heavy atom. The van der Waals surface area contributed by atoms with Gasteiger partial charge in [0.15, 0.2) is 6.23 Å². The maximum atomic E-state index is 10.7. The summed E-state index contributed by atoms with van der Waals surface area (Å²) in [5.74, 6) is -0.198. The summed E-state index contributed by atoms with van der Waals surface area (Å²) in [6, 6.07) is 0. The molecule has 2 atom stereocenters. The molecule has 1 rings (SSSR count). The van der Waals surface area contributed by atoms with E-state index in [1.54, 1.807) is 0 Å². The topological polar surface area (TPSA) is 116 Å². The first-order valence-electron chi connectivity index (χ1n) is 4.54. The highest BCUT2D eigenvalue weighted by Gasteiger charge is 2.29. The molecule has 0 aliphatic carbocycles. The van der Waals surface area contributed by atoms with Gasteiger partial charge in [-0.25, -0.2) is 4.79 Å². The molecular weight excluding hydrogens is 225 g/mol. The Hall–Kier alpha value is -0.620. The van der Waals surface area contributed by atoms with E-state index in [1.165, 1.54) is 0 Å². The number of rotatable bonds is 3. The Morgan fingerprint density at radius 1 is 1.53 bits per heavy atom. The summed E-state index contributed by atoms with van der Waals surface area (Å²) < 4.78 is 15.2. The Bertz CT molecular complexity index is 277. The van der Waals surface area contributed by atoms with Crippen molar-refractivity contribution in [2.45, 2.75) is 19.1 Å². The van der Waals surface area contributed by atoms with Gasteiger partial charge in [-0.15, -0.1) is 0 Å². The molecule has 1 fully saturated rings. The van der Waals surface area contributed by atoms with Crippen LogP contribution in [0.15, 0.2) is 0 Å². The number of hydrogen-bond donors (Lipinski definition) is 4. The maximum absolute atomic E-state index is 10.7. The number of piperidine rings is 1. The molecule has 0 aromatic heterocycles. The number of carboxylic acid groups (broad SMARTS) is 1. The third kappa shape index (κ3) is 5.13. The minimum absolute atomic E-state index is 0.198. The highest BCUT2D eigenvalue weighted by atomic mass is 31.2. The van der Waals surface area contributed by atoms with Gasteiger partial charge in [-0.2, -0.15) is 0 Å². The molecule has 15 heavy (non-hydrogen) atoms. The molecule has 4 N–H and O–H groups in total. The van der Waals surface area contributed by atoms with Crippen LogP contribution in [0.25, 0.3) is 0 Å². The minimum Gasteiger partial charge on any atom is -0.450 e. The van der Waals surface area contributed by atoms with Crippen LogP contribution in [0.4, 0.5) is 4.79 Å². The van der Waals surface area contributed by atoms with Crippen LogP contribution in [0.3, 0.4) is 0 Å². The van der Waals surface area contributed by atoms with Crippen molar-refractivity contribution in [1.29, 1.82) is 0 Å². The van der Waals surface area contributed by atoms with Gasteiger partial charge < -0.3 is 19.6 Å². The lowest BCUT2D eigenvalue weighted by Crippen LogP contribution is -2.41. The SMILES string of the molecule is O=C(O)O[C@@H]1C[C@H](CP(=O)(O)O)CCN1. The Labute approximate surface area is 86.6 Å². The first kappa shape index (κ1) is 12.4. The van der Waals surface area contributed by atoms with Gasteiger partial charge in [0, 0.05) is 6.42 Å². The smallest absolute Gasteiger partial charge is 0.450 e. The molecule has 0 bridgehead atoms. The van der Waals surface area contributed by atoms with Crippen LogP contribution in [0.2, 0.25) is 0 Å². The second-order valence-electron chi connectivity index (χ2n) is 3.56. The molecular formula is C7H14NO6P. The molecule has 0 aromatic carbocycles. The van der Waals surface area contributed by atoms with Gasteiger partial charge in [0.25, 0.3) is 0 Å². The van der Waals surface area contributed by atoms with Crippen molar-refractivity contribution in [2.75, 3.05) is 12.7 Å². The predicted octanol–water partition coefficient (Wildman–Crippen LogP) is 0.184. The van der Waals surface area contributed by atoms with Crippen LogP contribution in [-0.4, -0.2) is 40.0 Å². The normalized spacial score (nSPS) is 27.3. The van der Waals surface area contributed by atoms with Crippen molar-refractivity contribution in [3.63, 3.8) is 0 Å². The average molecular weight is 239 g/mol. The summed E-state index contributed by atoms with van der Waals surface area (Å²) in [5.41, 5.74) is 0. The van der Waals surface area contributed by atoms with Gasteiger partial charge in [-0.3, -0.25) is 9.88 Å². The van der Waals surface area contributed by atoms with Crippen LogP contribution in [0.5, 0.6) is 0 Å². The summed E-state index contributed by atoms with van der Waals surface area (Å²) in [6.07, 6.45) is -1.34. The molecule has 1 heterocycles. The molecule has 1 aliphatic rings. The molecule has 0 aromatic rings. The van der Waals surface area contributed by atoms with E-state index in [9.17, 15) is 9.36 Å². The van der Waals surface area contributed by atoms with E-state index in [2.05, 4.69) is 10.1 Å². The van der Waals surface area contributed by atoms with Crippen LogP contribution in [0, 0.1) is 5.92 Å². The third-order valence-electron chi connectivity index (χ3n) is 2.21. The highest BCUT2D eigenvalue weighted by Crippen LogP contribution is 2.39. The van der Waals surface area contributed by atoms with Gasteiger partial charge in [-0.1, -0.05) is 0 Å². The van der Waals surface area contributed by atoms with E-state index in [1.807, 2.05) is 0 Å². The molecule has 0 radical (unpaired) electrons. The van der Waals surface area contributed by atoms with E-state index >= 15 is 0 Å². The van der Waals surface area contributed by atoms with Crippen molar-refractivity contribution in [3.05, 3.63) is 0 Å². The fourth-order valence-corrected chi connectivity index (χ4v) is 2.67. The highest BCUT2D eigenvalue weighted by molar-refractivity contribution is 7.51. The van der Waals surface area contributed by atoms with E-state index in [-0.39, 0.29) is 12.1 Å². The number of ether oxygens (including phenoxy) is 1. The molecule has 1 saturated heterocycles. The lowest BCUT2D eigenvalue weighted by atomic mass is 9.99. The summed E-state index contributed by atoms with van der Waals surface area (Å²) in [4.78, 5) is 27.8. The zero-order valence-corrected chi connectivity index (χ0v) is 8.89. The standard InChI is InChI=1S/C7H14NO6P/c9-7(10)14-6-3-5(1-2-8-6)4-15(11,12)13/h5-6,8H,1-4H2,(H,9,10)(H2,11,12,13)/t5-,6-/m1/s1. The van der Waals surface area contributed by atoms with E-state index < -0.39 is 20.0 Å². The van der Waals surface area contributed by atoms with Gasteiger partial charge in [-0.05, 0) is 18.9 Å². The average Bonchev–Trinajstić information content (AvgIpc) is 1.99. The van der Waals surface area contributed by atoms with Crippen molar-refractivity contribution in [1.82, 2.24) is 5.32 Å². The number of nitrogens with one attached hydrogen (secondary N) is 1. The monoisotopic (exact) mass is 239 g/mol. The van der Waals surface area contributed by atoms with Gasteiger partial charge in [0.1, 0.15) is 0 Å². The molecule has 0 unspecified atom stereocenters. The Morgan fingerprint density at radius 2 is 2.20 bits per heavy atom. The van der Waals surface area contributed by atoms with Gasteiger partial charge in [0.05, 0.1) is 6.16 Å². The molecule has 0 spiro atoms. The fraction of sp³-hybridized carbons (Fsp3) is 0.857. The summed E-state index contributed by atoms with van der Waals surface area (Å²) in [5, 5.41) is 11.2. The largest absolute Gasteiger partial charge is 0.507 e. The molecule has 0 saturated carbocycles. The third-order valence-corrected chi connectivity index (χ3v) is 3.20. The molecule has 7 nitrogen and oxygen atoms in total. The van der Waals surface area contributed by atoms with Crippen LogP contribution < -0.4 is 5.32 Å². The van der Waals surface area contributed by atoms with Crippen LogP contribution in [-0.2, 0) is 9.30 Å². The Balaban J connectivity index is 2.42. The molecule has 8 heteroatoms. The summed E-state index contributed by atoms with van der Waals surface area (Å²) >= 11 is 0. The molecule has 88 valence electrons. The lowest BCUT2D eigenvalue weighted by molar-refractivity contribution is 0.0153. The van der Waals surface area contributed by atoms with Crippen molar-refractivity contribution in [2.24, 2.45) is 5.92 Å². The lowest BCUT2D eigenvalue weighted by Gasteiger charge is -2.29. The second-order valence-corrected chi connectivity index (χ2v) is 5.26. The van der Waals surface area contributed by atoms with Crippen molar-refractivity contribution < 1.29 is 29.0 Å². The second kappa shape index (κ2) is 4.94. The Kier molecular flexibility index (Phi) is 4.10. The van der Waals surface area contributed by atoms with E-state index in [0.717, 1.165) is 0 Å². The zero-order valence-electron chi connectivity index (χ0n) is 8.00. The van der Waals surface area contributed by atoms with Crippen molar-refractivity contribution in [3.8, 4) is 0 Å². The summed E-state index contributed by atoms with van der Waals surface area (Å²) in [6.45, 7) is 0.503. The molecule has 0 amide bonds. The molecule has 1 aliphatic heterocycles. The van der Waals surface area contributed by atoms with Gasteiger partial charge in [0.2, 0.25) is 0 Å². The quantitative estimate of drug-likeness (QED) is 0.410. The fourth-order valence-electron chi connectivity index (χ4n) is 1.67. The zero-order chi connectivity index (χ0) is 11.5. The van der Waals surface area contributed by atoms with Crippen LogP contribution in [0.1, 0.15) is 12.8 Å². The van der Waals surface area contributed by atoms with E-state index in [0.29, 0.717) is 19.4 Å². The van der Waals surface area contributed by atoms with Crippen LogP contribution >= 0.6 is 7.60 Å². The first-order chi connectivity index (χ1) is 6.87. The number of carbonyl (C=O) groups is 1. The number of hydrogen-bond acceptors (Lipinski definition) is 4. The minimum atomic E-state index is -4.03.